The van der Waals surface area contributed by atoms with Crippen LogP contribution in [0.15, 0.2) is 16.6 Å². The van der Waals surface area contributed by atoms with Gasteiger partial charge in [0, 0.05) is 11.0 Å². The summed E-state index contributed by atoms with van der Waals surface area (Å²) in [5, 5.41) is 2.84. The van der Waals surface area contributed by atoms with Gasteiger partial charge >= 0.3 is 0 Å². The number of hydrogen-bond acceptors (Lipinski definition) is 2. The highest BCUT2D eigenvalue weighted by Crippen LogP contribution is 2.22. The van der Waals surface area contributed by atoms with Gasteiger partial charge in [0.2, 0.25) is 0 Å². The number of nitrogen functional groups attached to an aromatic ring is 1. The highest BCUT2D eigenvalue weighted by molar-refractivity contribution is 9.10. The Hall–Kier alpha value is -1.10. The summed E-state index contributed by atoms with van der Waals surface area (Å²) in [5.74, 6) is -0.301. The molecule has 0 aliphatic carbocycles. The summed E-state index contributed by atoms with van der Waals surface area (Å²) in [6.45, 7) is 4.80. The third-order valence-corrected chi connectivity index (χ3v) is 3.69. The fraction of sp³-hybridized carbons (Fsp3) is 0.462. The van der Waals surface area contributed by atoms with Gasteiger partial charge < -0.3 is 11.1 Å². The quantitative estimate of drug-likeness (QED) is 0.819. The lowest BCUT2D eigenvalue weighted by Crippen LogP contribution is -2.29. The molecule has 1 amide bonds. The third kappa shape index (κ3) is 3.70. The zero-order valence-electron chi connectivity index (χ0n) is 10.6. The van der Waals surface area contributed by atoms with E-state index in [1.807, 2.05) is 0 Å². The predicted octanol–water partition coefficient (Wildman–Crippen LogP) is 3.34. The van der Waals surface area contributed by atoms with Gasteiger partial charge in [0.15, 0.2) is 0 Å². The Labute approximate surface area is 115 Å². The van der Waals surface area contributed by atoms with Crippen LogP contribution < -0.4 is 11.1 Å². The monoisotopic (exact) mass is 316 g/mol. The van der Waals surface area contributed by atoms with Crippen molar-refractivity contribution in [2.75, 3.05) is 12.3 Å². The number of halogens is 2. The van der Waals surface area contributed by atoms with E-state index in [0.717, 1.165) is 12.8 Å². The van der Waals surface area contributed by atoms with Gasteiger partial charge in [-0.2, -0.15) is 0 Å². The Morgan fingerprint density at radius 1 is 1.44 bits per heavy atom. The maximum Gasteiger partial charge on any atom is 0.252 e. The first-order chi connectivity index (χ1) is 8.49. The van der Waals surface area contributed by atoms with Gasteiger partial charge in [0.25, 0.3) is 5.91 Å². The first kappa shape index (κ1) is 15.0. The van der Waals surface area contributed by atoms with Crippen LogP contribution >= 0.6 is 15.9 Å². The molecule has 0 fully saturated rings. The molecule has 0 saturated heterocycles. The van der Waals surface area contributed by atoms with Gasteiger partial charge in [-0.25, -0.2) is 4.39 Å². The minimum Gasteiger partial charge on any atom is -0.396 e. The van der Waals surface area contributed by atoms with Crippen LogP contribution in [0.25, 0.3) is 0 Å². The molecule has 0 radical (unpaired) electrons. The van der Waals surface area contributed by atoms with Crippen LogP contribution in [0.3, 0.4) is 0 Å². The van der Waals surface area contributed by atoms with Gasteiger partial charge in [0.1, 0.15) is 5.82 Å². The van der Waals surface area contributed by atoms with Crippen LogP contribution in [0.5, 0.6) is 0 Å². The van der Waals surface area contributed by atoms with Gasteiger partial charge in [0.05, 0.1) is 11.3 Å². The number of amides is 1. The van der Waals surface area contributed by atoms with Crippen molar-refractivity contribution in [1.29, 1.82) is 0 Å². The van der Waals surface area contributed by atoms with Crippen LogP contribution in [-0.4, -0.2) is 12.5 Å². The van der Waals surface area contributed by atoms with E-state index in [1.165, 1.54) is 12.1 Å². The molecule has 0 atom stereocenters. The lowest BCUT2D eigenvalue weighted by atomic mass is 10.0. The van der Waals surface area contributed by atoms with Crippen LogP contribution in [0.4, 0.5) is 10.1 Å². The molecule has 3 N–H and O–H groups in total. The Morgan fingerprint density at radius 3 is 2.61 bits per heavy atom. The maximum absolute atomic E-state index is 13.2. The highest BCUT2D eigenvalue weighted by atomic mass is 79.9. The first-order valence-electron chi connectivity index (χ1n) is 6.02. The molecule has 5 heteroatoms. The topological polar surface area (TPSA) is 55.1 Å². The molecular weight excluding hydrogens is 299 g/mol. The molecule has 3 nitrogen and oxygen atoms in total. The number of carbonyl (C=O) groups excluding carboxylic acids is 1. The fourth-order valence-electron chi connectivity index (χ4n) is 1.65. The van der Waals surface area contributed by atoms with E-state index in [1.54, 1.807) is 0 Å². The van der Waals surface area contributed by atoms with Gasteiger partial charge in [-0.05, 0) is 34.0 Å². The Kier molecular flexibility index (Phi) is 5.59. The zero-order valence-corrected chi connectivity index (χ0v) is 12.2. The average molecular weight is 317 g/mol. The van der Waals surface area contributed by atoms with Crippen LogP contribution in [0.1, 0.15) is 37.0 Å². The third-order valence-electron chi connectivity index (χ3n) is 3.04. The van der Waals surface area contributed by atoms with Crippen LogP contribution in [0.2, 0.25) is 0 Å². The SMILES string of the molecule is CCC(CC)CNC(=O)c1cc(N)c(F)cc1Br. The molecule has 0 saturated carbocycles. The second-order valence-corrected chi connectivity index (χ2v) is 5.10. The second-order valence-electron chi connectivity index (χ2n) is 4.25. The fourth-order valence-corrected chi connectivity index (χ4v) is 2.14. The Morgan fingerprint density at radius 2 is 2.06 bits per heavy atom. The summed E-state index contributed by atoms with van der Waals surface area (Å²) in [7, 11) is 0. The minimum absolute atomic E-state index is 0.0223. The predicted molar refractivity (Wildman–Crippen MR) is 74.9 cm³/mol. The second kappa shape index (κ2) is 6.73. The number of rotatable bonds is 5. The number of anilines is 1. The van der Waals surface area contributed by atoms with Crippen molar-refractivity contribution < 1.29 is 9.18 Å². The van der Waals surface area contributed by atoms with Crippen molar-refractivity contribution in [3.05, 3.63) is 28.0 Å². The number of carbonyl (C=O) groups is 1. The first-order valence-corrected chi connectivity index (χ1v) is 6.81. The van der Waals surface area contributed by atoms with Crippen molar-refractivity contribution in [3.8, 4) is 0 Å². The van der Waals surface area contributed by atoms with E-state index in [0.29, 0.717) is 22.5 Å². The molecule has 0 heterocycles. The summed E-state index contributed by atoms with van der Waals surface area (Å²) >= 11 is 3.17. The summed E-state index contributed by atoms with van der Waals surface area (Å²) in [5.41, 5.74) is 5.80. The molecule has 0 spiro atoms. The molecule has 0 bridgehead atoms. The normalized spacial score (nSPS) is 10.7. The summed E-state index contributed by atoms with van der Waals surface area (Å²) in [4.78, 5) is 11.9. The van der Waals surface area contributed by atoms with Crippen LogP contribution in [0, 0.1) is 11.7 Å². The van der Waals surface area contributed by atoms with E-state index in [2.05, 4.69) is 35.1 Å². The van der Waals surface area contributed by atoms with Gasteiger partial charge in [-0.3, -0.25) is 4.79 Å². The molecule has 0 aliphatic heterocycles. The molecular formula is C13H18BrFN2O. The number of nitrogens with one attached hydrogen (secondary N) is 1. The Balaban J connectivity index is 2.76. The van der Waals surface area contributed by atoms with E-state index >= 15 is 0 Å². The molecule has 18 heavy (non-hydrogen) atoms. The van der Waals surface area contributed by atoms with Gasteiger partial charge in [-0.15, -0.1) is 0 Å². The Bertz CT molecular complexity index is 433. The molecule has 100 valence electrons. The van der Waals surface area contributed by atoms with Crippen molar-refractivity contribution in [2.24, 2.45) is 5.92 Å². The maximum atomic E-state index is 13.2. The summed E-state index contributed by atoms with van der Waals surface area (Å²) in [6, 6.07) is 2.56. The number of benzene rings is 1. The highest BCUT2D eigenvalue weighted by Gasteiger charge is 2.14. The van der Waals surface area contributed by atoms with E-state index in [9.17, 15) is 9.18 Å². The molecule has 1 rings (SSSR count). The van der Waals surface area contributed by atoms with E-state index in [-0.39, 0.29) is 11.6 Å². The minimum atomic E-state index is -0.529. The average Bonchev–Trinajstić information content (AvgIpc) is 2.34. The molecule has 0 aromatic heterocycles. The largest absolute Gasteiger partial charge is 0.396 e. The van der Waals surface area contributed by atoms with Crippen LogP contribution in [-0.2, 0) is 0 Å². The zero-order chi connectivity index (χ0) is 13.7. The van der Waals surface area contributed by atoms with Crippen molar-refractivity contribution >= 4 is 27.5 Å². The van der Waals surface area contributed by atoms with Crippen molar-refractivity contribution in [1.82, 2.24) is 5.32 Å². The molecule has 0 unspecified atom stereocenters. The lowest BCUT2D eigenvalue weighted by Gasteiger charge is -2.14. The van der Waals surface area contributed by atoms with E-state index in [4.69, 9.17) is 5.73 Å². The summed E-state index contributed by atoms with van der Waals surface area (Å²) < 4.78 is 13.6. The van der Waals surface area contributed by atoms with E-state index < -0.39 is 5.82 Å². The van der Waals surface area contributed by atoms with Crippen molar-refractivity contribution in [3.63, 3.8) is 0 Å². The smallest absolute Gasteiger partial charge is 0.252 e. The molecule has 1 aromatic rings. The van der Waals surface area contributed by atoms with Gasteiger partial charge in [-0.1, -0.05) is 26.7 Å². The number of nitrogens with two attached hydrogens (primary N) is 1. The molecule has 0 aliphatic rings. The summed E-state index contributed by atoms with van der Waals surface area (Å²) in [6.07, 6.45) is 2.03. The lowest BCUT2D eigenvalue weighted by molar-refractivity contribution is 0.0945. The standard InChI is InChI=1S/C13H18BrFN2O/c1-3-8(4-2)7-17-13(18)9-5-12(16)11(15)6-10(9)14/h5-6,8H,3-4,7,16H2,1-2H3,(H,17,18). The number of hydrogen-bond donors (Lipinski definition) is 2. The molecule has 1 aromatic carbocycles. The van der Waals surface area contributed by atoms with Crippen molar-refractivity contribution in [2.45, 2.75) is 26.7 Å².